The number of carbonyl (C=O) groups is 1. The van der Waals surface area contributed by atoms with Gasteiger partial charge >= 0.3 is 0 Å². The lowest BCUT2D eigenvalue weighted by Crippen LogP contribution is -2.40. The maximum absolute atomic E-state index is 13.2. The van der Waals surface area contributed by atoms with Crippen LogP contribution in [0, 0.1) is 0 Å². The van der Waals surface area contributed by atoms with E-state index in [1.165, 1.54) is 12.1 Å². The number of ether oxygens (including phenoxy) is 3. The molecule has 14 heteroatoms. The van der Waals surface area contributed by atoms with Gasteiger partial charge in [0.25, 0.3) is 5.91 Å². The maximum atomic E-state index is 13.2. The SMILES string of the molecule is O=C(NCCC(O)(P(=O)([O-])O)P(=O)([O-])O)c1cc(OCc2ccccc2)c(OCc2ccccc2)c(OCc2ccccc2)c1. The highest BCUT2D eigenvalue weighted by Crippen LogP contribution is 2.64. The summed E-state index contributed by atoms with van der Waals surface area (Å²) in [6.45, 7) is -0.421. The summed E-state index contributed by atoms with van der Waals surface area (Å²) in [5, 5.41) is 8.44. The zero-order valence-electron chi connectivity index (χ0n) is 23.9. The molecule has 12 nitrogen and oxygen atoms in total. The summed E-state index contributed by atoms with van der Waals surface area (Å²) in [6.07, 6.45) is -1.25. The fourth-order valence-corrected chi connectivity index (χ4v) is 6.22. The summed E-state index contributed by atoms with van der Waals surface area (Å²) < 4.78 is 41.5. The van der Waals surface area contributed by atoms with Crippen molar-refractivity contribution in [3.8, 4) is 17.2 Å². The van der Waals surface area contributed by atoms with Gasteiger partial charge in [0.1, 0.15) is 19.8 Å². The van der Waals surface area contributed by atoms with Crippen LogP contribution in [0.2, 0.25) is 0 Å². The first-order valence-corrected chi connectivity index (χ1v) is 16.8. The van der Waals surface area contributed by atoms with Crippen molar-refractivity contribution in [1.29, 1.82) is 0 Å². The standard InChI is InChI=1S/C31H33NO11P2/c33-30(32-17-16-31(34,44(35,36)37)45(38,39)40)26-18-27(41-20-23-10-4-1-5-11-23)29(43-22-25-14-8-3-9-15-25)28(19-26)42-21-24-12-6-2-7-13-24/h1-15,18-19,34H,16-17,20-22H2,(H,32,33)(H2,35,36,37)(H2,38,39,40)/p-2. The zero-order valence-corrected chi connectivity index (χ0v) is 25.6. The van der Waals surface area contributed by atoms with Crippen LogP contribution < -0.4 is 29.3 Å². The lowest BCUT2D eigenvalue weighted by atomic mass is 10.1. The second kappa shape index (κ2) is 14.9. The largest absolute Gasteiger partial charge is 0.776 e. The van der Waals surface area contributed by atoms with Gasteiger partial charge in [0.15, 0.2) is 31.8 Å². The molecule has 0 saturated carbocycles. The van der Waals surface area contributed by atoms with Crippen molar-refractivity contribution in [3.63, 3.8) is 0 Å². The Morgan fingerprint density at radius 1 is 0.689 bits per heavy atom. The van der Waals surface area contributed by atoms with Gasteiger partial charge < -0.3 is 53.3 Å². The van der Waals surface area contributed by atoms with Crippen molar-refractivity contribution in [1.82, 2.24) is 5.32 Å². The van der Waals surface area contributed by atoms with E-state index in [1.54, 1.807) is 0 Å². The quantitative estimate of drug-likeness (QED) is 0.137. The van der Waals surface area contributed by atoms with Gasteiger partial charge in [-0.1, -0.05) is 91.0 Å². The normalized spacial score (nSPS) is 15.1. The van der Waals surface area contributed by atoms with Gasteiger partial charge in [-0.05, 0) is 28.8 Å². The molecule has 45 heavy (non-hydrogen) atoms. The summed E-state index contributed by atoms with van der Waals surface area (Å²) in [7, 11) is -12.0. The molecule has 4 aromatic carbocycles. The number of rotatable bonds is 15. The van der Waals surface area contributed by atoms with Gasteiger partial charge in [-0.15, -0.1) is 0 Å². The number of hydrogen-bond acceptors (Lipinski definition) is 9. The lowest BCUT2D eigenvalue weighted by molar-refractivity contribution is -0.226. The van der Waals surface area contributed by atoms with Crippen molar-refractivity contribution < 1.29 is 52.8 Å². The van der Waals surface area contributed by atoms with E-state index in [9.17, 15) is 38.6 Å². The Kier molecular flexibility index (Phi) is 11.2. The monoisotopic (exact) mass is 655 g/mol. The van der Waals surface area contributed by atoms with Crippen LogP contribution in [0.1, 0.15) is 33.5 Å². The Morgan fingerprint density at radius 3 is 1.44 bits per heavy atom. The molecule has 0 aliphatic carbocycles. The van der Waals surface area contributed by atoms with Crippen LogP contribution in [0.3, 0.4) is 0 Å². The number of nitrogens with one attached hydrogen (secondary N) is 1. The van der Waals surface area contributed by atoms with Crippen LogP contribution >= 0.6 is 15.2 Å². The molecule has 0 aliphatic rings. The summed E-state index contributed by atoms with van der Waals surface area (Å²) in [5.41, 5.74) is 2.46. The topological polar surface area (TPSA) is 198 Å². The number of benzene rings is 4. The summed E-state index contributed by atoms with van der Waals surface area (Å²) >= 11 is 0. The minimum atomic E-state index is -6.00. The number of amides is 1. The Morgan fingerprint density at radius 2 is 1.07 bits per heavy atom. The third-order valence-corrected chi connectivity index (χ3v) is 10.4. The van der Waals surface area contributed by atoms with Crippen molar-refractivity contribution in [2.24, 2.45) is 0 Å². The van der Waals surface area contributed by atoms with Gasteiger partial charge in [0.05, 0.1) is 0 Å². The van der Waals surface area contributed by atoms with E-state index in [1.807, 2.05) is 91.0 Å². The predicted molar refractivity (Wildman–Crippen MR) is 160 cm³/mol. The van der Waals surface area contributed by atoms with Crippen LogP contribution in [-0.2, 0) is 29.0 Å². The predicted octanol–water partition coefficient (Wildman–Crippen LogP) is 3.28. The fourth-order valence-electron chi connectivity index (χ4n) is 4.15. The molecule has 0 fully saturated rings. The fraction of sp³-hybridized carbons (Fsp3) is 0.194. The molecule has 1 amide bonds. The van der Waals surface area contributed by atoms with E-state index in [2.05, 4.69) is 5.32 Å². The van der Waals surface area contributed by atoms with Gasteiger partial charge in [0.2, 0.25) is 5.75 Å². The number of carbonyl (C=O) groups excluding carboxylic acids is 1. The zero-order chi connectivity index (χ0) is 32.5. The van der Waals surface area contributed by atoms with E-state index >= 15 is 0 Å². The number of hydrogen-bond donors (Lipinski definition) is 4. The summed E-state index contributed by atoms with van der Waals surface area (Å²) in [6, 6.07) is 30.5. The summed E-state index contributed by atoms with van der Waals surface area (Å²) in [5.74, 6) is -0.350. The average Bonchev–Trinajstić information content (AvgIpc) is 3.02. The Balaban J connectivity index is 1.66. The number of aliphatic hydroxyl groups is 1. The van der Waals surface area contributed by atoms with Crippen LogP contribution in [0.15, 0.2) is 103 Å². The molecule has 2 unspecified atom stereocenters. The molecule has 4 N–H and O–H groups in total. The van der Waals surface area contributed by atoms with Crippen LogP contribution in [0.4, 0.5) is 0 Å². The molecular weight excluding hydrogens is 624 g/mol. The van der Waals surface area contributed by atoms with Gasteiger partial charge in [-0.2, -0.15) is 0 Å². The molecule has 0 aromatic heterocycles. The first kappa shape index (κ1) is 33.9. The molecule has 0 spiro atoms. The van der Waals surface area contributed by atoms with E-state index in [-0.39, 0.29) is 42.6 Å². The average molecular weight is 656 g/mol. The first-order valence-electron chi connectivity index (χ1n) is 13.6. The Hall–Kier alpha value is -3.99. The van der Waals surface area contributed by atoms with E-state index in [0.29, 0.717) is 0 Å². The van der Waals surface area contributed by atoms with E-state index in [4.69, 9.17) is 14.2 Å². The molecule has 0 bridgehead atoms. The summed E-state index contributed by atoms with van der Waals surface area (Å²) in [4.78, 5) is 54.8. The lowest BCUT2D eigenvalue weighted by Gasteiger charge is -2.42. The highest BCUT2D eigenvalue weighted by molar-refractivity contribution is 7.70. The molecule has 4 rings (SSSR count). The molecule has 0 heterocycles. The van der Waals surface area contributed by atoms with Crippen molar-refractivity contribution in [2.45, 2.75) is 31.3 Å². The molecular formula is C31H31NO11P2-2. The van der Waals surface area contributed by atoms with Gasteiger partial charge in [-0.3, -0.25) is 4.79 Å². The molecule has 2 atom stereocenters. The van der Waals surface area contributed by atoms with Crippen LogP contribution in [0.25, 0.3) is 0 Å². The van der Waals surface area contributed by atoms with E-state index in [0.717, 1.165) is 16.7 Å². The molecule has 0 saturated heterocycles. The first-order chi connectivity index (χ1) is 21.4. The molecule has 4 aromatic rings. The third-order valence-electron chi connectivity index (χ3n) is 6.63. The second-order valence-corrected chi connectivity index (χ2v) is 13.9. The molecule has 0 radical (unpaired) electrons. The Bertz CT molecular complexity index is 1570. The second-order valence-electron chi connectivity index (χ2n) is 9.95. The third kappa shape index (κ3) is 9.03. The Labute approximate surface area is 259 Å². The minimum Gasteiger partial charge on any atom is -0.776 e. The highest BCUT2D eigenvalue weighted by atomic mass is 31.2. The minimum absolute atomic E-state index is 0.0414. The smallest absolute Gasteiger partial charge is 0.251 e. The van der Waals surface area contributed by atoms with Crippen molar-refractivity contribution >= 4 is 21.1 Å². The van der Waals surface area contributed by atoms with Crippen molar-refractivity contribution in [3.05, 3.63) is 125 Å². The highest BCUT2D eigenvalue weighted by Gasteiger charge is 2.46. The maximum Gasteiger partial charge on any atom is 0.251 e. The van der Waals surface area contributed by atoms with Crippen LogP contribution in [0.5, 0.6) is 17.2 Å². The van der Waals surface area contributed by atoms with Gasteiger partial charge in [0, 0.05) is 18.5 Å². The molecule has 238 valence electrons. The van der Waals surface area contributed by atoms with Crippen LogP contribution in [-0.4, -0.2) is 32.4 Å². The molecule has 0 aliphatic heterocycles. The van der Waals surface area contributed by atoms with Crippen molar-refractivity contribution in [2.75, 3.05) is 6.54 Å². The van der Waals surface area contributed by atoms with Gasteiger partial charge in [-0.25, -0.2) is 0 Å². The van der Waals surface area contributed by atoms with E-state index < -0.39 is 39.1 Å².